The third kappa shape index (κ3) is 1.52. The van der Waals surface area contributed by atoms with E-state index in [4.69, 9.17) is 17.2 Å². The van der Waals surface area contributed by atoms with E-state index in [2.05, 4.69) is 0 Å². The minimum Gasteiger partial charge on any atom is -0.505 e. The lowest BCUT2D eigenvalue weighted by Gasteiger charge is -2.17. The van der Waals surface area contributed by atoms with Crippen molar-refractivity contribution in [1.29, 1.82) is 0 Å². The molecule has 0 atom stereocenters. The molecule has 0 bridgehead atoms. The predicted molar refractivity (Wildman–Crippen MR) is 55.0 cm³/mol. The number of nitrogens with two attached hydrogens (primary N) is 3. The first-order chi connectivity index (χ1) is 6.49. The van der Waals surface area contributed by atoms with Crippen molar-refractivity contribution in [3.63, 3.8) is 0 Å². The van der Waals surface area contributed by atoms with E-state index in [-0.39, 0.29) is 23.7 Å². The largest absolute Gasteiger partial charge is 0.505 e. The Hall–Kier alpha value is -1.66. The van der Waals surface area contributed by atoms with E-state index < -0.39 is 0 Å². The minimum atomic E-state index is -0.129. The fourth-order valence-corrected chi connectivity index (χ4v) is 1.22. The molecule has 0 aromatic heterocycles. The van der Waals surface area contributed by atoms with Crippen LogP contribution in [0, 0.1) is 0 Å². The van der Waals surface area contributed by atoms with Crippen LogP contribution in [0.25, 0.3) is 0 Å². The number of aromatic hydroxyl groups is 1. The van der Waals surface area contributed by atoms with Crippen LogP contribution >= 0.6 is 0 Å². The fourth-order valence-electron chi connectivity index (χ4n) is 1.22. The number of phenols is 1. The summed E-state index contributed by atoms with van der Waals surface area (Å²) in [6, 6.07) is 1.38. The number of rotatable bonds is 2. The van der Waals surface area contributed by atoms with E-state index in [1.54, 1.807) is 0 Å². The molecule has 0 heterocycles. The highest BCUT2D eigenvalue weighted by atomic mass is 16.5. The van der Waals surface area contributed by atoms with E-state index in [1.807, 2.05) is 0 Å². The van der Waals surface area contributed by atoms with E-state index in [1.165, 1.54) is 13.1 Å². The number of nitrogen functional groups attached to an aromatic ring is 2. The molecule has 0 amide bonds. The van der Waals surface area contributed by atoms with E-state index in [0.29, 0.717) is 11.3 Å². The molecule has 0 radical (unpaired) electrons. The predicted octanol–water partition coefficient (Wildman–Crippen LogP) is -0.159. The van der Waals surface area contributed by atoms with E-state index >= 15 is 0 Å². The van der Waals surface area contributed by atoms with Gasteiger partial charge in [-0.1, -0.05) is 0 Å². The molecule has 0 saturated heterocycles. The Kier molecular flexibility index (Phi) is 2.68. The van der Waals surface area contributed by atoms with E-state index in [9.17, 15) is 10.3 Å². The molecule has 1 aromatic rings. The number of hydrogen-bond donors (Lipinski definition) is 5. The number of hydroxylamine groups is 1. The highest BCUT2D eigenvalue weighted by Gasteiger charge is 2.14. The summed E-state index contributed by atoms with van der Waals surface area (Å²) in [5.74, 6) is -0.129. The molecule has 1 rings (SSSR count). The maximum absolute atomic E-state index is 9.50. The minimum absolute atomic E-state index is 0.0591. The molecule has 0 unspecified atom stereocenters. The van der Waals surface area contributed by atoms with Crippen molar-refractivity contribution < 1.29 is 10.3 Å². The summed E-state index contributed by atoms with van der Waals surface area (Å²) in [4.78, 5) is 0. The maximum Gasteiger partial charge on any atom is 0.145 e. The molecule has 78 valence electrons. The summed E-state index contributed by atoms with van der Waals surface area (Å²) in [7, 11) is 1.41. The quantitative estimate of drug-likeness (QED) is 0.256. The van der Waals surface area contributed by atoms with Crippen molar-refractivity contribution in [1.82, 2.24) is 0 Å². The molecule has 8 N–H and O–H groups in total. The first-order valence-corrected chi connectivity index (χ1v) is 4.01. The van der Waals surface area contributed by atoms with Gasteiger partial charge >= 0.3 is 0 Å². The van der Waals surface area contributed by atoms with Crippen molar-refractivity contribution >= 4 is 17.1 Å². The van der Waals surface area contributed by atoms with Gasteiger partial charge in [-0.15, -0.1) is 0 Å². The average molecular weight is 198 g/mol. The van der Waals surface area contributed by atoms with E-state index in [0.717, 1.165) is 5.06 Å². The van der Waals surface area contributed by atoms with Gasteiger partial charge in [0.2, 0.25) is 0 Å². The summed E-state index contributed by atoms with van der Waals surface area (Å²) >= 11 is 0. The Morgan fingerprint density at radius 2 is 2.00 bits per heavy atom. The van der Waals surface area contributed by atoms with Gasteiger partial charge in [0, 0.05) is 19.2 Å². The summed E-state index contributed by atoms with van der Waals surface area (Å²) in [5, 5.41) is 19.5. The Bertz CT molecular complexity index is 352. The molecule has 6 heteroatoms. The fraction of sp³-hybridized carbons (Fsp3) is 0.250. The Morgan fingerprint density at radius 3 is 2.43 bits per heavy atom. The summed E-state index contributed by atoms with van der Waals surface area (Å²) < 4.78 is 0. The third-order valence-corrected chi connectivity index (χ3v) is 2.01. The monoisotopic (exact) mass is 198 g/mol. The normalized spacial score (nSPS) is 10.2. The van der Waals surface area contributed by atoms with Crippen molar-refractivity contribution in [2.45, 2.75) is 6.54 Å². The van der Waals surface area contributed by atoms with Gasteiger partial charge in [-0.25, -0.2) is 0 Å². The van der Waals surface area contributed by atoms with Crippen LogP contribution in [0.4, 0.5) is 17.1 Å². The number of phenolic OH excluding ortho intramolecular Hbond substituents is 1. The first-order valence-electron chi connectivity index (χ1n) is 4.01. The summed E-state index contributed by atoms with van der Waals surface area (Å²) in [5.41, 5.74) is 17.6. The summed E-state index contributed by atoms with van der Waals surface area (Å²) in [6.45, 7) is 0.0591. The second-order valence-corrected chi connectivity index (χ2v) is 2.95. The molecule has 0 aliphatic heterocycles. The molecule has 6 nitrogen and oxygen atoms in total. The number of nitrogens with zero attached hydrogens (tertiary/aromatic N) is 1. The molecular formula is C8H14N4O2. The SMILES string of the molecule is CN(O)c1cc(N)c(O)c(CN)c1N. The van der Waals surface area contributed by atoms with Crippen LogP contribution < -0.4 is 22.3 Å². The van der Waals surface area contributed by atoms with Gasteiger partial charge in [0.1, 0.15) is 5.75 Å². The lowest BCUT2D eigenvalue weighted by molar-refractivity contribution is 0.280. The number of hydrogen-bond acceptors (Lipinski definition) is 6. The second kappa shape index (κ2) is 3.60. The zero-order valence-electron chi connectivity index (χ0n) is 7.86. The van der Waals surface area contributed by atoms with Gasteiger partial charge in [-0.05, 0) is 6.07 Å². The van der Waals surface area contributed by atoms with Crippen LogP contribution in [-0.4, -0.2) is 17.4 Å². The van der Waals surface area contributed by atoms with Gasteiger partial charge in [0.15, 0.2) is 0 Å². The molecule has 0 aliphatic carbocycles. The van der Waals surface area contributed by atoms with Gasteiger partial charge in [0.25, 0.3) is 0 Å². The van der Waals surface area contributed by atoms with Gasteiger partial charge in [0.05, 0.1) is 17.1 Å². The molecule has 0 fully saturated rings. The smallest absolute Gasteiger partial charge is 0.145 e. The number of anilines is 3. The topological polar surface area (TPSA) is 122 Å². The zero-order chi connectivity index (χ0) is 10.9. The number of benzene rings is 1. The zero-order valence-corrected chi connectivity index (χ0v) is 7.86. The highest BCUT2D eigenvalue weighted by molar-refractivity contribution is 5.79. The Balaban J connectivity index is 3.42. The van der Waals surface area contributed by atoms with Gasteiger partial charge < -0.3 is 22.3 Å². The summed E-state index contributed by atoms with van der Waals surface area (Å²) in [6.07, 6.45) is 0. The molecular weight excluding hydrogens is 184 g/mol. The van der Waals surface area contributed by atoms with Crippen LogP contribution in [0.1, 0.15) is 5.56 Å². The van der Waals surface area contributed by atoms with Crippen LogP contribution in [0.2, 0.25) is 0 Å². The Labute approximate surface area is 81.5 Å². The van der Waals surface area contributed by atoms with Crippen LogP contribution in [0.3, 0.4) is 0 Å². The second-order valence-electron chi connectivity index (χ2n) is 2.95. The lowest BCUT2D eigenvalue weighted by atomic mass is 10.1. The van der Waals surface area contributed by atoms with Crippen LogP contribution in [0.15, 0.2) is 6.07 Å². The molecule has 0 aliphatic rings. The molecule has 0 spiro atoms. The van der Waals surface area contributed by atoms with Gasteiger partial charge in [-0.3, -0.25) is 10.3 Å². The standard InChI is InChI=1S/C8H14N4O2/c1-12(14)6-2-5(10)8(13)4(3-9)7(6)11/h2,13-14H,3,9-11H2,1H3. The molecule has 1 aromatic carbocycles. The Morgan fingerprint density at radius 1 is 1.43 bits per heavy atom. The van der Waals surface area contributed by atoms with Crippen molar-refractivity contribution in [3.05, 3.63) is 11.6 Å². The average Bonchev–Trinajstić information content (AvgIpc) is 2.12. The van der Waals surface area contributed by atoms with Crippen LogP contribution in [0.5, 0.6) is 5.75 Å². The highest BCUT2D eigenvalue weighted by Crippen LogP contribution is 2.36. The van der Waals surface area contributed by atoms with Crippen molar-refractivity contribution in [2.24, 2.45) is 5.73 Å². The molecule has 0 saturated carbocycles. The van der Waals surface area contributed by atoms with Gasteiger partial charge in [-0.2, -0.15) is 0 Å². The third-order valence-electron chi connectivity index (χ3n) is 2.01. The lowest BCUT2D eigenvalue weighted by Crippen LogP contribution is -2.15. The first kappa shape index (κ1) is 10.4. The maximum atomic E-state index is 9.50. The van der Waals surface area contributed by atoms with Crippen molar-refractivity contribution in [2.75, 3.05) is 23.6 Å². The molecule has 14 heavy (non-hydrogen) atoms. The van der Waals surface area contributed by atoms with Crippen molar-refractivity contribution in [3.8, 4) is 5.75 Å². The van der Waals surface area contributed by atoms with Crippen LogP contribution in [-0.2, 0) is 6.54 Å².